The molecule has 0 atom stereocenters. The molecule has 3 N–H and O–H groups in total. The lowest BCUT2D eigenvalue weighted by molar-refractivity contribution is 0.0977. The number of amides is 1. The van der Waals surface area contributed by atoms with E-state index in [1.807, 2.05) is 0 Å². The van der Waals surface area contributed by atoms with E-state index in [0.29, 0.717) is 23.6 Å². The number of benzene rings is 1. The van der Waals surface area contributed by atoms with Gasteiger partial charge in [0.1, 0.15) is 0 Å². The maximum absolute atomic E-state index is 11.8. The smallest absolute Gasteiger partial charge is 0.258 e. The van der Waals surface area contributed by atoms with Gasteiger partial charge in [-0.3, -0.25) is 10.1 Å². The second-order valence-electron chi connectivity index (χ2n) is 3.41. The Morgan fingerprint density at radius 1 is 1.39 bits per heavy atom. The summed E-state index contributed by atoms with van der Waals surface area (Å²) in [4.78, 5) is 11.8. The van der Waals surface area contributed by atoms with E-state index in [1.54, 1.807) is 6.07 Å². The molecule has 0 fully saturated rings. The molecule has 7 heteroatoms. The number of carbonyl (C=O) groups excluding carboxylic acids is 1. The molecule has 0 unspecified atom stereocenters. The van der Waals surface area contributed by atoms with Crippen LogP contribution in [0.5, 0.6) is 0 Å². The summed E-state index contributed by atoms with van der Waals surface area (Å²) in [6.07, 6.45) is 0.553. The quantitative estimate of drug-likeness (QED) is 0.588. The van der Waals surface area contributed by atoms with Crippen LogP contribution in [-0.4, -0.2) is 29.3 Å². The number of rotatable bonds is 4. The van der Waals surface area contributed by atoms with Crippen LogP contribution in [0.3, 0.4) is 0 Å². The number of carbonyl (C=O) groups is 1. The van der Waals surface area contributed by atoms with E-state index in [-0.39, 0.29) is 16.7 Å². The normalized spacial score (nSPS) is 9.94. The molecular weight excluding hydrogens is 295 g/mol. The Bertz CT molecular complexity index is 455. The first-order valence-corrected chi connectivity index (χ1v) is 6.36. The van der Waals surface area contributed by atoms with Gasteiger partial charge < -0.3 is 10.4 Å². The number of aliphatic hydroxyl groups excluding tert-OH is 1. The predicted octanol–water partition coefficient (Wildman–Crippen LogP) is 1.98. The molecule has 0 saturated carbocycles. The number of hydrogen-bond donors (Lipinski definition) is 3. The molecule has 0 saturated heterocycles. The third kappa shape index (κ3) is 4.78. The number of hydrogen-bond acceptors (Lipinski definition) is 3. The van der Waals surface area contributed by atoms with Gasteiger partial charge in [0.15, 0.2) is 5.11 Å². The van der Waals surface area contributed by atoms with E-state index < -0.39 is 5.91 Å². The van der Waals surface area contributed by atoms with Gasteiger partial charge in [0, 0.05) is 18.2 Å². The van der Waals surface area contributed by atoms with Crippen LogP contribution in [0.4, 0.5) is 0 Å². The lowest BCUT2D eigenvalue weighted by atomic mass is 10.2. The summed E-state index contributed by atoms with van der Waals surface area (Å²) in [5, 5.41) is 14.8. The molecule has 1 aromatic rings. The molecule has 0 bridgehead atoms. The number of halogens is 2. The van der Waals surface area contributed by atoms with Crippen LogP contribution in [-0.2, 0) is 0 Å². The summed E-state index contributed by atoms with van der Waals surface area (Å²) < 4.78 is 0. The molecule has 1 aromatic carbocycles. The van der Waals surface area contributed by atoms with Crippen molar-refractivity contribution in [1.29, 1.82) is 0 Å². The summed E-state index contributed by atoms with van der Waals surface area (Å²) in [5.74, 6) is -0.404. The molecular formula is C11H12Cl2N2O2S. The minimum atomic E-state index is -0.404. The zero-order valence-electron chi connectivity index (χ0n) is 9.37. The van der Waals surface area contributed by atoms with Crippen molar-refractivity contribution in [2.45, 2.75) is 6.42 Å². The first kappa shape index (κ1) is 15.2. The van der Waals surface area contributed by atoms with Crippen molar-refractivity contribution < 1.29 is 9.90 Å². The van der Waals surface area contributed by atoms with Crippen molar-refractivity contribution in [2.75, 3.05) is 13.2 Å². The maximum atomic E-state index is 11.8. The molecule has 0 aromatic heterocycles. The van der Waals surface area contributed by atoms with Crippen LogP contribution in [0.15, 0.2) is 18.2 Å². The van der Waals surface area contributed by atoms with Crippen LogP contribution in [0.2, 0.25) is 10.0 Å². The lowest BCUT2D eigenvalue weighted by Crippen LogP contribution is -2.39. The molecule has 4 nitrogen and oxygen atoms in total. The zero-order valence-corrected chi connectivity index (χ0v) is 11.7. The third-order valence-electron chi connectivity index (χ3n) is 2.02. The van der Waals surface area contributed by atoms with E-state index in [4.69, 9.17) is 40.5 Å². The number of nitrogens with one attached hydrogen (secondary N) is 2. The molecule has 0 aliphatic carbocycles. The fourth-order valence-corrected chi connectivity index (χ4v) is 1.86. The third-order valence-corrected chi connectivity index (χ3v) is 2.82. The summed E-state index contributed by atoms with van der Waals surface area (Å²) in [5.41, 5.74) is 0.298. The van der Waals surface area contributed by atoms with Gasteiger partial charge in [0.25, 0.3) is 5.91 Å². The number of thiocarbonyl (C=S) groups is 1. The standard InChI is InChI=1S/C11H12Cl2N2O2S/c12-7-2-3-8(9(13)6-7)10(17)15-11(18)14-4-1-5-16/h2-3,6,16H,1,4-5H2,(H2,14,15,17,18). The summed E-state index contributed by atoms with van der Waals surface area (Å²) in [7, 11) is 0. The molecule has 0 radical (unpaired) electrons. The lowest BCUT2D eigenvalue weighted by Gasteiger charge is -2.09. The Morgan fingerprint density at radius 2 is 2.11 bits per heavy atom. The molecule has 0 heterocycles. The topological polar surface area (TPSA) is 61.4 Å². The maximum Gasteiger partial charge on any atom is 0.258 e. The van der Waals surface area contributed by atoms with Crippen LogP contribution in [0.25, 0.3) is 0 Å². The highest BCUT2D eigenvalue weighted by atomic mass is 35.5. The van der Waals surface area contributed by atoms with Crippen LogP contribution in [0.1, 0.15) is 16.8 Å². The Kier molecular flexibility index (Phi) is 6.35. The van der Waals surface area contributed by atoms with Gasteiger partial charge in [-0.25, -0.2) is 0 Å². The van der Waals surface area contributed by atoms with Gasteiger partial charge in [0.05, 0.1) is 10.6 Å². The first-order valence-electron chi connectivity index (χ1n) is 5.19. The van der Waals surface area contributed by atoms with E-state index in [1.165, 1.54) is 12.1 Å². The Labute approximate surface area is 120 Å². The second kappa shape index (κ2) is 7.53. The Balaban J connectivity index is 2.57. The highest BCUT2D eigenvalue weighted by Gasteiger charge is 2.11. The van der Waals surface area contributed by atoms with Gasteiger partial charge in [-0.2, -0.15) is 0 Å². The van der Waals surface area contributed by atoms with Crippen molar-refractivity contribution >= 4 is 46.4 Å². The molecule has 1 amide bonds. The average Bonchev–Trinajstić information content (AvgIpc) is 2.28. The van der Waals surface area contributed by atoms with Gasteiger partial charge in [0.2, 0.25) is 0 Å². The molecule has 1 rings (SSSR count). The summed E-state index contributed by atoms with van der Waals surface area (Å²) in [6.45, 7) is 0.552. The van der Waals surface area contributed by atoms with Crippen LogP contribution >= 0.6 is 35.4 Å². The Hall–Kier alpha value is -0.880. The summed E-state index contributed by atoms with van der Waals surface area (Å²) in [6, 6.07) is 4.58. The van der Waals surface area contributed by atoms with Crippen molar-refractivity contribution in [3.05, 3.63) is 33.8 Å². The monoisotopic (exact) mass is 306 g/mol. The zero-order chi connectivity index (χ0) is 13.5. The van der Waals surface area contributed by atoms with Crippen LogP contribution < -0.4 is 10.6 Å². The van der Waals surface area contributed by atoms with E-state index >= 15 is 0 Å². The first-order chi connectivity index (χ1) is 8.54. The fourth-order valence-electron chi connectivity index (χ4n) is 1.17. The highest BCUT2D eigenvalue weighted by molar-refractivity contribution is 7.80. The highest BCUT2D eigenvalue weighted by Crippen LogP contribution is 2.20. The van der Waals surface area contributed by atoms with Gasteiger partial charge in [-0.1, -0.05) is 23.2 Å². The second-order valence-corrected chi connectivity index (χ2v) is 4.66. The molecule has 98 valence electrons. The van der Waals surface area contributed by atoms with Gasteiger partial charge in [-0.05, 0) is 36.8 Å². The van der Waals surface area contributed by atoms with Crippen LogP contribution in [0, 0.1) is 0 Å². The number of aliphatic hydroxyl groups is 1. The van der Waals surface area contributed by atoms with Crippen molar-refractivity contribution in [3.8, 4) is 0 Å². The SMILES string of the molecule is O=C(NC(=S)NCCCO)c1ccc(Cl)cc1Cl. The molecule has 0 aliphatic heterocycles. The van der Waals surface area contributed by atoms with Gasteiger partial charge >= 0.3 is 0 Å². The summed E-state index contributed by atoms with van der Waals surface area (Å²) >= 11 is 16.5. The minimum absolute atomic E-state index is 0.0621. The molecule has 18 heavy (non-hydrogen) atoms. The minimum Gasteiger partial charge on any atom is -0.396 e. The fraction of sp³-hybridized carbons (Fsp3) is 0.273. The van der Waals surface area contributed by atoms with E-state index in [0.717, 1.165) is 0 Å². The predicted molar refractivity (Wildman–Crippen MR) is 76.2 cm³/mol. The molecule has 0 spiro atoms. The van der Waals surface area contributed by atoms with Crippen molar-refractivity contribution in [3.63, 3.8) is 0 Å². The Morgan fingerprint density at radius 3 is 2.72 bits per heavy atom. The van der Waals surface area contributed by atoms with E-state index in [9.17, 15) is 4.79 Å². The van der Waals surface area contributed by atoms with E-state index in [2.05, 4.69) is 10.6 Å². The van der Waals surface area contributed by atoms with Crippen molar-refractivity contribution in [2.24, 2.45) is 0 Å². The largest absolute Gasteiger partial charge is 0.396 e. The van der Waals surface area contributed by atoms with Crippen molar-refractivity contribution in [1.82, 2.24) is 10.6 Å². The average molecular weight is 307 g/mol. The molecule has 0 aliphatic rings. The van der Waals surface area contributed by atoms with Gasteiger partial charge in [-0.15, -0.1) is 0 Å².